The number of hydrogen-bond donors (Lipinski definition) is 0. The zero-order chi connectivity index (χ0) is 12.4. The van der Waals surface area contributed by atoms with Gasteiger partial charge in [0, 0.05) is 6.42 Å². The van der Waals surface area contributed by atoms with Gasteiger partial charge in [-0.3, -0.25) is 0 Å². The van der Waals surface area contributed by atoms with E-state index in [0.717, 1.165) is 6.42 Å². The van der Waals surface area contributed by atoms with Gasteiger partial charge in [0.05, 0.1) is 0 Å². The third-order valence-corrected chi connectivity index (χ3v) is 3.79. The molecular formula is C18H19. The molecule has 0 atom stereocenters. The molecule has 0 amide bonds. The Bertz CT molecular complexity index is 541. The molecule has 0 aromatic heterocycles. The smallest absolute Gasteiger partial charge is 0.0208 e. The van der Waals surface area contributed by atoms with E-state index in [1.54, 1.807) is 11.1 Å². The van der Waals surface area contributed by atoms with Crippen molar-refractivity contribution in [1.29, 1.82) is 0 Å². The number of benzene rings is 1. The Labute approximate surface area is 110 Å². The lowest BCUT2D eigenvalue weighted by atomic mass is 9.97. The van der Waals surface area contributed by atoms with Gasteiger partial charge < -0.3 is 0 Å². The highest BCUT2D eigenvalue weighted by molar-refractivity contribution is 5.75. The maximum Gasteiger partial charge on any atom is 0.0208 e. The van der Waals surface area contributed by atoms with Crippen LogP contribution in [0, 0.1) is 6.42 Å². The third kappa shape index (κ3) is 2.08. The minimum Gasteiger partial charge on any atom is -0.0798 e. The number of unbranched alkanes of at least 4 members (excludes halogenated alkanes) is 1. The average molecular weight is 235 g/mol. The maximum atomic E-state index is 2.34. The van der Waals surface area contributed by atoms with Crippen molar-refractivity contribution < 1.29 is 0 Å². The van der Waals surface area contributed by atoms with Crippen LogP contribution in [0.15, 0.2) is 53.1 Å². The van der Waals surface area contributed by atoms with Gasteiger partial charge in [0.15, 0.2) is 0 Å². The van der Waals surface area contributed by atoms with Gasteiger partial charge in [-0.05, 0) is 47.1 Å². The van der Waals surface area contributed by atoms with Crippen LogP contribution in [0.3, 0.4) is 0 Å². The van der Waals surface area contributed by atoms with Crippen molar-refractivity contribution in [3.63, 3.8) is 0 Å². The van der Waals surface area contributed by atoms with E-state index >= 15 is 0 Å². The molecule has 0 saturated carbocycles. The van der Waals surface area contributed by atoms with E-state index in [2.05, 4.69) is 55.8 Å². The second kappa shape index (κ2) is 4.97. The van der Waals surface area contributed by atoms with E-state index in [1.807, 2.05) is 0 Å². The third-order valence-electron chi connectivity index (χ3n) is 3.79. The highest BCUT2D eigenvalue weighted by Gasteiger charge is 2.19. The van der Waals surface area contributed by atoms with Crippen LogP contribution in [0.5, 0.6) is 0 Å². The summed E-state index contributed by atoms with van der Waals surface area (Å²) in [6.45, 7) is 2.26. The molecule has 0 heteroatoms. The molecule has 0 unspecified atom stereocenters. The Kier molecular flexibility index (Phi) is 3.19. The molecule has 0 saturated heterocycles. The Balaban J connectivity index is 1.85. The van der Waals surface area contributed by atoms with E-state index < -0.39 is 0 Å². The minimum atomic E-state index is 1.11. The molecular weight excluding hydrogens is 216 g/mol. The summed E-state index contributed by atoms with van der Waals surface area (Å²) >= 11 is 0. The van der Waals surface area contributed by atoms with Crippen molar-refractivity contribution in [3.05, 3.63) is 70.7 Å². The second-order valence-corrected chi connectivity index (χ2v) is 5.09. The predicted octanol–water partition coefficient (Wildman–Crippen LogP) is 5.08. The summed E-state index contributed by atoms with van der Waals surface area (Å²) < 4.78 is 0. The topological polar surface area (TPSA) is 0 Å². The van der Waals surface area contributed by atoms with Crippen molar-refractivity contribution in [1.82, 2.24) is 0 Å². The van der Waals surface area contributed by atoms with Gasteiger partial charge in [-0.1, -0.05) is 55.8 Å². The molecule has 0 bridgehead atoms. The average Bonchev–Trinajstić information content (AvgIpc) is 3.01. The molecule has 0 fully saturated rings. The number of rotatable bonds is 4. The van der Waals surface area contributed by atoms with E-state index in [4.69, 9.17) is 0 Å². The molecule has 1 aromatic rings. The first-order chi connectivity index (χ1) is 8.88. The maximum absolute atomic E-state index is 2.34. The summed E-state index contributed by atoms with van der Waals surface area (Å²) in [4.78, 5) is 0. The minimum absolute atomic E-state index is 1.11. The predicted molar refractivity (Wildman–Crippen MR) is 78.1 cm³/mol. The summed E-state index contributed by atoms with van der Waals surface area (Å²) in [5.41, 5.74) is 7.24. The molecule has 0 N–H and O–H groups in total. The van der Waals surface area contributed by atoms with Crippen molar-refractivity contribution in [2.45, 2.75) is 32.6 Å². The van der Waals surface area contributed by atoms with Crippen molar-refractivity contribution in [2.75, 3.05) is 0 Å². The van der Waals surface area contributed by atoms with Crippen molar-refractivity contribution in [2.24, 2.45) is 0 Å². The molecule has 0 aliphatic heterocycles. The van der Waals surface area contributed by atoms with E-state index in [9.17, 15) is 0 Å². The van der Waals surface area contributed by atoms with Gasteiger partial charge in [0.2, 0.25) is 0 Å². The normalized spacial score (nSPS) is 17.3. The molecule has 91 valence electrons. The molecule has 0 nitrogen and oxygen atoms in total. The van der Waals surface area contributed by atoms with Gasteiger partial charge in [0.1, 0.15) is 0 Å². The lowest BCUT2D eigenvalue weighted by Crippen LogP contribution is -1.90. The lowest BCUT2D eigenvalue weighted by molar-refractivity contribution is 0.795. The van der Waals surface area contributed by atoms with E-state index in [0.29, 0.717) is 0 Å². The van der Waals surface area contributed by atoms with E-state index in [-0.39, 0.29) is 0 Å². The quantitative estimate of drug-likeness (QED) is 0.682. The first-order valence-corrected chi connectivity index (χ1v) is 6.93. The Morgan fingerprint density at radius 3 is 2.72 bits per heavy atom. The largest absolute Gasteiger partial charge is 0.0798 e. The summed E-state index contributed by atoms with van der Waals surface area (Å²) in [7, 11) is 0. The Morgan fingerprint density at radius 1 is 1.11 bits per heavy atom. The van der Waals surface area contributed by atoms with E-state index in [1.165, 1.54) is 36.0 Å². The molecule has 2 aliphatic carbocycles. The van der Waals surface area contributed by atoms with Crippen molar-refractivity contribution in [3.8, 4) is 0 Å². The molecule has 3 rings (SSSR count). The number of allylic oxidation sites excluding steroid dienone is 5. The first kappa shape index (κ1) is 11.5. The van der Waals surface area contributed by atoms with Crippen LogP contribution in [-0.2, 0) is 0 Å². The molecule has 0 spiro atoms. The van der Waals surface area contributed by atoms with Gasteiger partial charge in [-0.2, -0.15) is 0 Å². The first-order valence-electron chi connectivity index (χ1n) is 6.93. The fourth-order valence-corrected chi connectivity index (χ4v) is 2.78. The fraction of sp³-hybridized carbons (Fsp3) is 0.278. The van der Waals surface area contributed by atoms with Gasteiger partial charge in [0.25, 0.3) is 0 Å². The molecule has 2 aliphatic rings. The van der Waals surface area contributed by atoms with Crippen LogP contribution in [0.1, 0.15) is 43.7 Å². The monoisotopic (exact) mass is 235 g/mol. The summed E-state index contributed by atoms with van der Waals surface area (Å²) in [6, 6.07) is 8.64. The SMILES string of the molecule is CCCCC1=C(C2=Cc3ccccc3[CH]2)CC=C1. The van der Waals surface area contributed by atoms with Crippen molar-refractivity contribution >= 4 is 6.08 Å². The van der Waals surface area contributed by atoms with Crippen LogP contribution < -0.4 is 0 Å². The number of fused-ring (bicyclic) bond motifs is 1. The van der Waals surface area contributed by atoms with Gasteiger partial charge in [-0.15, -0.1) is 0 Å². The second-order valence-electron chi connectivity index (χ2n) is 5.09. The highest BCUT2D eigenvalue weighted by Crippen LogP contribution is 2.37. The lowest BCUT2D eigenvalue weighted by Gasteiger charge is -2.08. The van der Waals surface area contributed by atoms with Crippen LogP contribution in [-0.4, -0.2) is 0 Å². The van der Waals surface area contributed by atoms with Gasteiger partial charge >= 0.3 is 0 Å². The van der Waals surface area contributed by atoms with Crippen LogP contribution in [0.4, 0.5) is 0 Å². The zero-order valence-electron chi connectivity index (χ0n) is 10.9. The fourth-order valence-electron chi connectivity index (χ4n) is 2.78. The summed E-state index contributed by atoms with van der Waals surface area (Å²) in [5, 5.41) is 0. The Hall–Kier alpha value is -1.56. The number of hydrogen-bond acceptors (Lipinski definition) is 0. The van der Waals surface area contributed by atoms with Crippen LogP contribution in [0.2, 0.25) is 0 Å². The highest BCUT2D eigenvalue weighted by atomic mass is 14.2. The zero-order valence-corrected chi connectivity index (χ0v) is 10.9. The summed E-state index contributed by atoms with van der Waals surface area (Å²) in [6.07, 6.45) is 14.2. The molecule has 1 aromatic carbocycles. The summed E-state index contributed by atoms with van der Waals surface area (Å²) in [5.74, 6) is 0. The Morgan fingerprint density at radius 2 is 1.94 bits per heavy atom. The standard InChI is InChI=1S/C18H19/c1-2-3-7-14-10-6-11-18(14)17-12-15-8-4-5-9-16(15)13-17/h4-6,8-10,12-13H,2-3,7,11H2,1H3. The molecule has 0 heterocycles. The van der Waals surface area contributed by atoms with Crippen LogP contribution in [0.25, 0.3) is 6.08 Å². The van der Waals surface area contributed by atoms with Gasteiger partial charge in [-0.25, -0.2) is 0 Å². The molecule has 1 radical (unpaired) electrons. The molecule has 18 heavy (non-hydrogen) atoms. The van der Waals surface area contributed by atoms with Crippen LogP contribution >= 0.6 is 0 Å².